The Morgan fingerprint density at radius 2 is 1.22 bits per heavy atom. The molecule has 1 atom stereocenters. The predicted octanol–water partition coefficient (Wildman–Crippen LogP) is 7.54. The Kier molecular flexibility index (Phi) is 28.3. The second kappa shape index (κ2) is 25.0. The van der Waals surface area contributed by atoms with Crippen molar-refractivity contribution in [1.29, 1.82) is 0 Å². The van der Waals surface area contributed by atoms with Gasteiger partial charge >= 0.3 is 76.0 Å². The van der Waals surface area contributed by atoms with E-state index < -0.39 is 0 Å². The molecule has 0 aliphatic heterocycles. The number of hydrogen-bond acceptors (Lipinski definition) is 1. The van der Waals surface area contributed by atoms with Crippen LogP contribution in [0.2, 0.25) is 9.38 Å². The van der Waals surface area contributed by atoms with Gasteiger partial charge in [-0.15, -0.1) is 0 Å². The molecule has 0 N–H and O–H groups in total. The molecule has 0 aromatic heterocycles. The molecule has 2 heteroatoms. The van der Waals surface area contributed by atoms with Crippen molar-refractivity contribution >= 4 is 21.1 Å². The number of ether oxygens (including phenoxy) is 1. The Hall–Kier alpha value is 0.759. The van der Waals surface area contributed by atoms with Crippen molar-refractivity contribution in [3.05, 3.63) is 0 Å². The van der Waals surface area contributed by atoms with Crippen molar-refractivity contribution in [2.24, 2.45) is 5.92 Å². The molecule has 140 valence electrons. The van der Waals surface area contributed by atoms with Gasteiger partial charge in [-0.2, -0.15) is 0 Å². The Balaban J connectivity index is 0. The average Bonchev–Trinajstić information content (AvgIpc) is 2.58. The molecule has 1 nitrogen and oxygen atoms in total. The minimum atomic E-state index is 0.0956. The monoisotopic (exact) mass is 434 g/mol. The second-order valence-electron chi connectivity index (χ2n) is 6.71. The Labute approximate surface area is 159 Å². The summed E-state index contributed by atoms with van der Waals surface area (Å²) < 4.78 is 7.14. The maximum absolute atomic E-state index is 5.53. The van der Waals surface area contributed by atoms with Crippen LogP contribution in [0.1, 0.15) is 105 Å². The first kappa shape index (κ1) is 26.0. The van der Waals surface area contributed by atoms with Crippen LogP contribution >= 0.6 is 0 Å². The van der Waals surface area contributed by atoms with Gasteiger partial charge in [0.05, 0.1) is 0 Å². The minimum absolute atomic E-state index is 0.0956. The molecule has 23 heavy (non-hydrogen) atoms. The molecule has 0 saturated carbocycles. The van der Waals surface area contributed by atoms with Crippen molar-refractivity contribution < 1.29 is 4.74 Å². The smallest absolute Gasteiger partial charge is 0.0466 e. The van der Waals surface area contributed by atoms with Crippen LogP contribution in [-0.4, -0.2) is 34.4 Å². The molecule has 0 fully saturated rings. The van der Waals surface area contributed by atoms with Crippen molar-refractivity contribution in [2.75, 3.05) is 13.2 Å². The number of rotatable bonds is 16. The van der Waals surface area contributed by atoms with Crippen LogP contribution in [0.25, 0.3) is 0 Å². The molecule has 0 aliphatic carbocycles. The molecule has 0 spiro atoms. The Morgan fingerprint density at radius 3 is 1.61 bits per heavy atom. The molecule has 0 bridgehead atoms. The summed E-state index contributed by atoms with van der Waals surface area (Å²) in [4.78, 5) is 2.46. The summed E-state index contributed by atoms with van der Waals surface area (Å²) in [5, 5.41) is 0. The molecule has 0 heterocycles. The summed E-state index contributed by atoms with van der Waals surface area (Å²) in [6.07, 6.45) is 16.3. The van der Waals surface area contributed by atoms with Crippen LogP contribution in [0.3, 0.4) is 0 Å². The van der Waals surface area contributed by atoms with Crippen LogP contribution in [0.5, 0.6) is 0 Å². The van der Waals surface area contributed by atoms with Gasteiger partial charge in [0.2, 0.25) is 0 Å². The first-order valence-corrected chi connectivity index (χ1v) is 15.4. The minimum Gasteiger partial charge on any atom is -0.381 e. The molecule has 0 saturated heterocycles. The molecular weight excluding hydrogens is 387 g/mol. The molecule has 2 radical (unpaired) electrons. The van der Waals surface area contributed by atoms with E-state index in [0.29, 0.717) is 0 Å². The molecule has 0 aromatic rings. The fourth-order valence-corrected chi connectivity index (χ4v) is 5.65. The predicted molar refractivity (Wildman–Crippen MR) is 109 cm³/mol. The largest absolute Gasteiger partial charge is 0.381 e. The standard InChI is InChI=1S/C12H26O.C8H17.CH3.Sn/c1-3-5-7-9-11-13-12-10-8-6-4-2;1-4-6-7-8(3)5-2;;/h3-12H2,1-2H3;8H,3-7H2,1-2H3;1H3;. The van der Waals surface area contributed by atoms with Gasteiger partial charge in [-0.05, 0) is 12.8 Å². The molecule has 1 unspecified atom stereocenters. The van der Waals surface area contributed by atoms with Gasteiger partial charge in [0.25, 0.3) is 0 Å². The third kappa shape index (κ3) is 25.1. The third-order valence-corrected chi connectivity index (χ3v) is 7.13. The van der Waals surface area contributed by atoms with Crippen LogP contribution in [-0.2, 0) is 4.74 Å². The third-order valence-electron chi connectivity index (χ3n) is 4.32. The Bertz CT molecular complexity index is 175. The summed E-state index contributed by atoms with van der Waals surface area (Å²) in [6.45, 7) is 11.1. The fraction of sp³-hybridized carbons (Fsp3) is 1.00. The van der Waals surface area contributed by atoms with Gasteiger partial charge in [0.1, 0.15) is 0 Å². The van der Waals surface area contributed by atoms with E-state index in [1.54, 1.807) is 4.44 Å². The van der Waals surface area contributed by atoms with Crippen molar-refractivity contribution in [1.82, 2.24) is 0 Å². The summed E-state index contributed by atoms with van der Waals surface area (Å²) in [6, 6.07) is 0. The molecule has 0 rings (SSSR count). The van der Waals surface area contributed by atoms with Crippen LogP contribution in [0.15, 0.2) is 0 Å². The van der Waals surface area contributed by atoms with E-state index >= 15 is 0 Å². The van der Waals surface area contributed by atoms with Gasteiger partial charge in [0, 0.05) is 13.2 Å². The van der Waals surface area contributed by atoms with Crippen LogP contribution < -0.4 is 0 Å². The zero-order valence-corrected chi connectivity index (χ0v) is 19.9. The van der Waals surface area contributed by atoms with Gasteiger partial charge in [-0.1, -0.05) is 52.4 Å². The van der Waals surface area contributed by atoms with Crippen molar-refractivity contribution in [3.63, 3.8) is 0 Å². The topological polar surface area (TPSA) is 9.23 Å². The SMILES string of the molecule is CCCCC(CC)[CH2][Sn][CH3].CCCCCCOCCCCCC. The Morgan fingerprint density at radius 1 is 0.696 bits per heavy atom. The second-order valence-corrected chi connectivity index (χ2v) is 9.89. The van der Waals surface area contributed by atoms with Crippen molar-refractivity contribution in [3.8, 4) is 0 Å². The zero-order chi connectivity index (χ0) is 17.6. The van der Waals surface area contributed by atoms with Crippen molar-refractivity contribution in [2.45, 2.75) is 114 Å². The number of unbranched alkanes of at least 4 members (excludes halogenated alkanes) is 7. The van der Waals surface area contributed by atoms with Crippen LogP contribution in [0, 0.1) is 5.92 Å². The van der Waals surface area contributed by atoms with Gasteiger partial charge in [0.15, 0.2) is 0 Å². The van der Waals surface area contributed by atoms with E-state index in [4.69, 9.17) is 4.74 Å². The summed E-state index contributed by atoms with van der Waals surface area (Å²) in [5.41, 5.74) is 0. The summed E-state index contributed by atoms with van der Waals surface area (Å²) >= 11 is 0.0956. The molecule has 0 aliphatic rings. The van der Waals surface area contributed by atoms with Gasteiger partial charge in [-0.25, -0.2) is 0 Å². The summed E-state index contributed by atoms with van der Waals surface area (Å²) in [7, 11) is 0. The average molecular weight is 433 g/mol. The first-order chi connectivity index (χ1) is 11.3. The van der Waals surface area contributed by atoms with E-state index in [-0.39, 0.29) is 21.1 Å². The van der Waals surface area contributed by atoms with E-state index in [1.165, 1.54) is 77.0 Å². The van der Waals surface area contributed by atoms with Gasteiger partial charge in [-0.3, -0.25) is 0 Å². The first-order valence-electron chi connectivity index (χ1n) is 10.5. The summed E-state index contributed by atoms with van der Waals surface area (Å²) in [5.74, 6) is 1.09. The van der Waals surface area contributed by atoms with Gasteiger partial charge < -0.3 is 4.74 Å². The van der Waals surface area contributed by atoms with E-state index in [0.717, 1.165) is 19.1 Å². The molecule has 0 aromatic carbocycles. The van der Waals surface area contributed by atoms with E-state index in [9.17, 15) is 0 Å². The van der Waals surface area contributed by atoms with E-state index in [1.807, 2.05) is 0 Å². The zero-order valence-electron chi connectivity index (χ0n) is 17.1. The van der Waals surface area contributed by atoms with E-state index in [2.05, 4.69) is 32.6 Å². The van der Waals surface area contributed by atoms with Crippen LogP contribution in [0.4, 0.5) is 0 Å². The fourth-order valence-electron chi connectivity index (χ4n) is 2.60. The maximum atomic E-state index is 5.53. The molecule has 0 amide bonds. The quantitative estimate of drug-likeness (QED) is 0.181. The normalized spacial score (nSPS) is 11.9. The molecular formula is C21H46OSn. The number of hydrogen-bond donors (Lipinski definition) is 0. The maximum Gasteiger partial charge on any atom is 0.0466 e.